The molecule has 0 saturated carbocycles. The van der Waals surface area contributed by atoms with Gasteiger partial charge in [-0.1, -0.05) is 26.8 Å². The second kappa shape index (κ2) is 6.41. The molecule has 1 aromatic carbocycles. The van der Waals surface area contributed by atoms with E-state index < -0.39 is 0 Å². The molecule has 0 aliphatic heterocycles. The van der Waals surface area contributed by atoms with Crippen molar-refractivity contribution in [2.45, 2.75) is 32.6 Å². The molecule has 1 rings (SSSR count). The maximum atomic E-state index is 5.67. The van der Waals surface area contributed by atoms with Crippen molar-refractivity contribution < 1.29 is 4.74 Å². The minimum absolute atomic E-state index is 0.214. The molecule has 0 heterocycles. The molecule has 0 saturated heterocycles. The van der Waals surface area contributed by atoms with Crippen molar-refractivity contribution >= 4 is 15.9 Å². The van der Waals surface area contributed by atoms with Gasteiger partial charge in [-0.05, 0) is 52.5 Å². The van der Waals surface area contributed by atoms with E-state index in [-0.39, 0.29) is 5.41 Å². The summed E-state index contributed by atoms with van der Waals surface area (Å²) in [6.07, 6.45) is 1.12. The van der Waals surface area contributed by atoms with Crippen molar-refractivity contribution in [3.63, 3.8) is 0 Å². The Morgan fingerprint density at radius 2 is 2.06 bits per heavy atom. The summed E-state index contributed by atoms with van der Waals surface area (Å²) in [5, 5.41) is 3.06. The van der Waals surface area contributed by atoms with Gasteiger partial charge in [-0.2, -0.15) is 0 Å². The van der Waals surface area contributed by atoms with E-state index in [1.54, 1.807) is 0 Å². The van der Waals surface area contributed by atoms with Crippen LogP contribution in [0.3, 0.4) is 0 Å². The summed E-state index contributed by atoms with van der Waals surface area (Å²) in [7, 11) is 1.92. The fourth-order valence-corrected chi connectivity index (χ4v) is 2.00. The van der Waals surface area contributed by atoms with Crippen molar-refractivity contribution in [2.75, 3.05) is 20.2 Å². The lowest BCUT2D eigenvalue weighted by Gasteiger charge is -2.24. The lowest BCUT2D eigenvalue weighted by Crippen LogP contribution is -2.17. The molecule has 0 unspecified atom stereocenters. The number of hydrogen-bond donors (Lipinski definition) is 1. The number of rotatable bonds is 6. The number of halogens is 1. The molecule has 0 aromatic heterocycles. The molecule has 0 spiro atoms. The van der Waals surface area contributed by atoms with Crippen molar-refractivity contribution in [1.82, 2.24) is 5.32 Å². The van der Waals surface area contributed by atoms with Crippen LogP contribution in [-0.4, -0.2) is 20.2 Å². The Morgan fingerprint density at radius 1 is 1.35 bits per heavy atom. The molecule has 96 valence electrons. The van der Waals surface area contributed by atoms with E-state index in [1.807, 2.05) is 13.1 Å². The Hall–Kier alpha value is -0.540. The molecule has 0 atom stereocenters. The molecule has 1 N–H and O–H groups in total. The average Bonchev–Trinajstić information content (AvgIpc) is 2.31. The van der Waals surface area contributed by atoms with Gasteiger partial charge >= 0.3 is 0 Å². The highest BCUT2D eigenvalue weighted by Gasteiger charge is 2.18. The van der Waals surface area contributed by atoms with Crippen LogP contribution in [0.4, 0.5) is 0 Å². The third-order valence-electron chi connectivity index (χ3n) is 3.21. The molecule has 0 bridgehead atoms. The molecular formula is C14H22BrNO. The highest BCUT2D eigenvalue weighted by atomic mass is 79.9. The highest BCUT2D eigenvalue weighted by Crippen LogP contribution is 2.33. The van der Waals surface area contributed by atoms with Gasteiger partial charge in [0.15, 0.2) is 0 Å². The van der Waals surface area contributed by atoms with Gasteiger partial charge in [-0.15, -0.1) is 0 Å². The summed E-state index contributed by atoms with van der Waals surface area (Å²) in [5.41, 5.74) is 1.55. The lowest BCUT2D eigenvalue weighted by molar-refractivity contribution is 0.316. The number of benzene rings is 1. The summed E-state index contributed by atoms with van der Waals surface area (Å²) in [6.45, 7) is 8.28. The van der Waals surface area contributed by atoms with E-state index in [9.17, 15) is 0 Å². The van der Waals surface area contributed by atoms with Gasteiger partial charge in [-0.3, -0.25) is 0 Å². The smallest absolute Gasteiger partial charge is 0.133 e. The van der Waals surface area contributed by atoms with Crippen molar-refractivity contribution in [1.29, 1.82) is 0 Å². The van der Waals surface area contributed by atoms with Crippen LogP contribution < -0.4 is 10.1 Å². The van der Waals surface area contributed by atoms with Crippen LogP contribution in [0.2, 0.25) is 0 Å². The van der Waals surface area contributed by atoms with Gasteiger partial charge in [0.2, 0.25) is 0 Å². The van der Waals surface area contributed by atoms with Crippen LogP contribution in [-0.2, 0) is 5.41 Å². The molecule has 0 amide bonds. The van der Waals surface area contributed by atoms with Gasteiger partial charge in [0.1, 0.15) is 12.4 Å². The minimum Gasteiger partial charge on any atom is -0.491 e. The first-order valence-corrected chi connectivity index (χ1v) is 6.88. The Kier molecular flexibility index (Phi) is 5.47. The fraction of sp³-hybridized carbons (Fsp3) is 0.571. The topological polar surface area (TPSA) is 21.3 Å². The van der Waals surface area contributed by atoms with Crippen molar-refractivity contribution in [3.8, 4) is 5.75 Å². The van der Waals surface area contributed by atoms with Gasteiger partial charge in [-0.25, -0.2) is 0 Å². The van der Waals surface area contributed by atoms with Crippen molar-refractivity contribution in [2.24, 2.45) is 0 Å². The zero-order valence-corrected chi connectivity index (χ0v) is 12.7. The van der Waals surface area contributed by atoms with E-state index in [0.717, 1.165) is 23.2 Å². The van der Waals surface area contributed by atoms with Crippen LogP contribution in [0.1, 0.15) is 32.8 Å². The molecular weight excluding hydrogens is 278 g/mol. The number of ether oxygens (including phenoxy) is 1. The van der Waals surface area contributed by atoms with Crippen molar-refractivity contribution in [3.05, 3.63) is 28.2 Å². The molecule has 0 fully saturated rings. The zero-order valence-electron chi connectivity index (χ0n) is 11.1. The van der Waals surface area contributed by atoms with E-state index in [2.05, 4.69) is 54.2 Å². The SMILES string of the molecule is CCC(C)(C)c1ccc(OCCNC)c(Br)c1. The summed E-state index contributed by atoms with van der Waals surface area (Å²) >= 11 is 3.58. The van der Waals surface area contributed by atoms with E-state index in [1.165, 1.54) is 5.56 Å². The van der Waals surface area contributed by atoms with Gasteiger partial charge in [0.05, 0.1) is 4.47 Å². The Morgan fingerprint density at radius 3 is 2.59 bits per heavy atom. The highest BCUT2D eigenvalue weighted by molar-refractivity contribution is 9.10. The maximum Gasteiger partial charge on any atom is 0.133 e. The normalized spacial score (nSPS) is 11.6. The van der Waals surface area contributed by atoms with Crippen LogP contribution in [0.5, 0.6) is 5.75 Å². The summed E-state index contributed by atoms with van der Waals surface area (Å²) in [5.74, 6) is 0.913. The number of nitrogens with one attached hydrogen (secondary N) is 1. The predicted molar refractivity (Wildman–Crippen MR) is 76.9 cm³/mol. The third kappa shape index (κ3) is 4.00. The average molecular weight is 300 g/mol. The largest absolute Gasteiger partial charge is 0.491 e. The van der Waals surface area contributed by atoms with Crippen LogP contribution in [0.25, 0.3) is 0 Å². The van der Waals surface area contributed by atoms with Crippen LogP contribution in [0.15, 0.2) is 22.7 Å². The Labute approximate surface area is 113 Å². The first-order valence-electron chi connectivity index (χ1n) is 6.08. The van der Waals surface area contributed by atoms with Gasteiger partial charge < -0.3 is 10.1 Å². The first kappa shape index (κ1) is 14.5. The second-order valence-electron chi connectivity index (χ2n) is 4.83. The third-order valence-corrected chi connectivity index (χ3v) is 3.83. The summed E-state index contributed by atoms with van der Waals surface area (Å²) in [6, 6.07) is 6.37. The monoisotopic (exact) mass is 299 g/mol. The molecule has 0 aliphatic rings. The van der Waals surface area contributed by atoms with E-state index in [4.69, 9.17) is 4.74 Å². The molecule has 2 nitrogen and oxygen atoms in total. The fourth-order valence-electron chi connectivity index (χ4n) is 1.51. The standard InChI is InChI=1S/C14H22BrNO/c1-5-14(2,3)11-6-7-13(12(15)10-11)17-9-8-16-4/h6-7,10,16H,5,8-9H2,1-4H3. The lowest BCUT2D eigenvalue weighted by atomic mass is 9.82. The molecule has 3 heteroatoms. The second-order valence-corrected chi connectivity index (χ2v) is 5.69. The summed E-state index contributed by atoms with van der Waals surface area (Å²) < 4.78 is 6.70. The molecule has 1 aromatic rings. The number of hydrogen-bond acceptors (Lipinski definition) is 2. The molecule has 0 aliphatic carbocycles. The Balaban J connectivity index is 2.79. The van der Waals surface area contributed by atoms with E-state index in [0.29, 0.717) is 6.61 Å². The first-order chi connectivity index (χ1) is 8.01. The van der Waals surface area contributed by atoms with Crippen LogP contribution >= 0.6 is 15.9 Å². The predicted octanol–water partition coefficient (Wildman–Crippen LogP) is 3.73. The van der Waals surface area contributed by atoms with E-state index >= 15 is 0 Å². The number of likely N-dealkylation sites (N-methyl/N-ethyl adjacent to an activating group) is 1. The van der Waals surface area contributed by atoms with Crippen LogP contribution in [0, 0.1) is 0 Å². The zero-order chi connectivity index (χ0) is 12.9. The quantitative estimate of drug-likeness (QED) is 0.808. The minimum atomic E-state index is 0.214. The Bertz CT molecular complexity index is 363. The molecule has 17 heavy (non-hydrogen) atoms. The van der Waals surface area contributed by atoms with Gasteiger partial charge in [0.25, 0.3) is 0 Å². The summed E-state index contributed by atoms with van der Waals surface area (Å²) in [4.78, 5) is 0. The molecule has 0 radical (unpaired) electrons. The van der Waals surface area contributed by atoms with Gasteiger partial charge in [0, 0.05) is 6.54 Å². The maximum absolute atomic E-state index is 5.67.